The Morgan fingerprint density at radius 3 is 2.62 bits per heavy atom. The molecule has 1 aliphatic rings. The predicted octanol–water partition coefficient (Wildman–Crippen LogP) is 3.40. The molecule has 0 heterocycles. The van der Waals surface area contributed by atoms with Crippen LogP contribution < -0.4 is 20.3 Å². The fourth-order valence-corrected chi connectivity index (χ4v) is 4.18. The van der Waals surface area contributed by atoms with Crippen molar-refractivity contribution >= 4 is 17.3 Å². The van der Waals surface area contributed by atoms with Gasteiger partial charge in [-0.2, -0.15) is 0 Å². The number of anilines is 2. The van der Waals surface area contributed by atoms with Gasteiger partial charge in [0.1, 0.15) is 12.3 Å². The Morgan fingerprint density at radius 2 is 1.86 bits per heavy atom. The van der Waals surface area contributed by atoms with Gasteiger partial charge in [0.2, 0.25) is 5.91 Å². The molecule has 1 unspecified atom stereocenters. The number of para-hydroxylation sites is 1. The number of ether oxygens (including phenoxy) is 1. The highest BCUT2D eigenvalue weighted by atomic mass is 16.5. The van der Waals surface area contributed by atoms with Gasteiger partial charge < -0.3 is 20.3 Å². The minimum absolute atomic E-state index is 0.0864. The van der Waals surface area contributed by atoms with Crippen molar-refractivity contribution in [2.75, 3.05) is 31.3 Å². The Balaban J connectivity index is 1.59. The van der Waals surface area contributed by atoms with Crippen molar-refractivity contribution in [1.29, 1.82) is 0 Å². The van der Waals surface area contributed by atoms with Gasteiger partial charge in [0.05, 0.1) is 32.4 Å². The molecule has 0 saturated heterocycles. The van der Waals surface area contributed by atoms with E-state index in [0.29, 0.717) is 11.4 Å². The maximum atomic E-state index is 12.5. The molecule has 29 heavy (non-hydrogen) atoms. The van der Waals surface area contributed by atoms with Crippen LogP contribution >= 0.6 is 0 Å². The van der Waals surface area contributed by atoms with Gasteiger partial charge in [-0.25, -0.2) is 0 Å². The van der Waals surface area contributed by atoms with E-state index in [0.717, 1.165) is 23.8 Å². The molecule has 0 bridgehead atoms. The Labute approximate surface area is 174 Å². The smallest absolute Gasteiger partial charge is 0.243 e. The molecule has 3 rings (SSSR count). The summed E-state index contributed by atoms with van der Waals surface area (Å²) in [6, 6.07) is 14.8. The van der Waals surface area contributed by atoms with Crippen molar-refractivity contribution in [3.63, 3.8) is 0 Å². The van der Waals surface area contributed by atoms with Gasteiger partial charge in [-0.3, -0.25) is 4.79 Å². The van der Waals surface area contributed by atoms with Crippen LogP contribution in [-0.2, 0) is 11.3 Å². The molecule has 1 amide bonds. The number of carbonyl (C=O) groups excluding carboxylic acids is 1. The number of nitrogens with one attached hydrogen (secondary N) is 3. The second-order valence-corrected chi connectivity index (χ2v) is 8.12. The Morgan fingerprint density at radius 1 is 1.10 bits per heavy atom. The highest BCUT2D eigenvalue weighted by Crippen LogP contribution is 2.25. The fourth-order valence-electron chi connectivity index (χ4n) is 4.18. The lowest BCUT2D eigenvalue weighted by Crippen LogP contribution is -3.11. The molecule has 2 aromatic carbocycles. The van der Waals surface area contributed by atoms with E-state index in [1.54, 1.807) is 12.0 Å². The second kappa shape index (κ2) is 10.3. The molecule has 3 N–H and O–H groups in total. The first-order chi connectivity index (χ1) is 14.1. The molecular formula is C24H34N3O2+. The van der Waals surface area contributed by atoms with Crippen molar-refractivity contribution in [3.05, 3.63) is 53.6 Å². The lowest BCUT2D eigenvalue weighted by Gasteiger charge is -2.28. The SMILES string of the molecule is COc1ccc(C)cc1NC(=O)CNc1ccccc1C[NH+](C)C1CCCCC1. The molecule has 156 valence electrons. The van der Waals surface area contributed by atoms with Crippen molar-refractivity contribution in [2.24, 2.45) is 0 Å². The number of rotatable bonds is 8. The van der Waals surface area contributed by atoms with Gasteiger partial charge in [0.25, 0.3) is 0 Å². The van der Waals surface area contributed by atoms with E-state index >= 15 is 0 Å². The van der Waals surface area contributed by atoms with E-state index in [9.17, 15) is 4.79 Å². The lowest BCUT2D eigenvalue weighted by atomic mass is 9.94. The molecule has 0 aliphatic heterocycles. The van der Waals surface area contributed by atoms with Crippen LogP contribution in [0.5, 0.6) is 5.75 Å². The van der Waals surface area contributed by atoms with Crippen LogP contribution in [0, 0.1) is 6.92 Å². The standard InChI is InChI=1S/C24H33N3O2/c1-18-13-14-23(29-3)22(15-18)26-24(28)16-25-21-12-8-7-9-19(21)17-27(2)20-10-5-4-6-11-20/h7-9,12-15,20,25H,4-6,10-11,16-17H2,1-3H3,(H,26,28)/p+1. The maximum absolute atomic E-state index is 12.5. The van der Waals surface area contributed by atoms with Crippen LogP contribution in [0.25, 0.3) is 0 Å². The first-order valence-electron chi connectivity index (χ1n) is 10.7. The van der Waals surface area contributed by atoms with Crippen LogP contribution in [0.4, 0.5) is 11.4 Å². The number of carbonyl (C=O) groups is 1. The molecule has 1 atom stereocenters. The van der Waals surface area contributed by atoms with Crippen LogP contribution in [0.15, 0.2) is 42.5 Å². The van der Waals surface area contributed by atoms with Gasteiger partial charge in [-0.15, -0.1) is 0 Å². The minimum Gasteiger partial charge on any atom is -0.495 e. The van der Waals surface area contributed by atoms with E-state index < -0.39 is 0 Å². The third-order valence-corrected chi connectivity index (χ3v) is 5.86. The number of benzene rings is 2. The molecule has 1 fully saturated rings. The van der Waals surface area contributed by atoms with Crippen molar-refractivity contribution in [3.8, 4) is 5.75 Å². The summed E-state index contributed by atoms with van der Waals surface area (Å²) >= 11 is 0. The molecule has 0 spiro atoms. The number of quaternary nitrogens is 1. The molecule has 0 aromatic heterocycles. The Bertz CT molecular complexity index is 816. The molecular weight excluding hydrogens is 362 g/mol. The zero-order valence-electron chi connectivity index (χ0n) is 17.9. The van der Waals surface area contributed by atoms with E-state index in [1.807, 2.05) is 31.2 Å². The number of aryl methyl sites for hydroxylation is 1. The summed E-state index contributed by atoms with van der Waals surface area (Å²) in [5.74, 6) is 0.582. The van der Waals surface area contributed by atoms with Gasteiger partial charge in [-0.1, -0.05) is 30.7 Å². The predicted molar refractivity (Wildman–Crippen MR) is 119 cm³/mol. The van der Waals surface area contributed by atoms with Crippen LogP contribution in [-0.4, -0.2) is 32.7 Å². The number of methoxy groups -OCH3 is 1. The van der Waals surface area contributed by atoms with E-state index in [4.69, 9.17) is 4.74 Å². The maximum Gasteiger partial charge on any atom is 0.243 e. The average Bonchev–Trinajstić information content (AvgIpc) is 2.74. The number of hydrogen-bond acceptors (Lipinski definition) is 3. The molecule has 1 saturated carbocycles. The van der Waals surface area contributed by atoms with Crippen LogP contribution in [0.2, 0.25) is 0 Å². The average molecular weight is 397 g/mol. The van der Waals surface area contributed by atoms with E-state index in [1.165, 1.54) is 37.7 Å². The van der Waals surface area contributed by atoms with Gasteiger partial charge in [-0.05, 0) is 56.4 Å². The van der Waals surface area contributed by atoms with Gasteiger partial charge >= 0.3 is 0 Å². The Kier molecular flexibility index (Phi) is 7.53. The normalized spacial score (nSPS) is 15.6. The lowest BCUT2D eigenvalue weighted by molar-refractivity contribution is -0.921. The monoisotopic (exact) mass is 396 g/mol. The topological polar surface area (TPSA) is 54.8 Å². The molecule has 5 nitrogen and oxygen atoms in total. The second-order valence-electron chi connectivity index (χ2n) is 8.12. The molecule has 0 radical (unpaired) electrons. The fraction of sp³-hybridized carbons (Fsp3) is 0.458. The van der Waals surface area contributed by atoms with E-state index in [-0.39, 0.29) is 12.5 Å². The molecule has 2 aromatic rings. The third-order valence-electron chi connectivity index (χ3n) is 5.86. The van der Waals surface area contributed by atoms with Gasteiger partial charge in [0.15, 0.2) is 0 Å². The summed E-state index contributed by atoms with van der Waals surface area (Å²) in [4.78, 5) is 14.1. The van der Waals surface area contributed by atoms with Crippen LogP contribution in [0.3, 0.4) is 0 Å². The summed E-state index contributed by atoms with van der Waals surface area (Å²) in [6.45, 7) is 3.19. The molecule has 5 heteroatoms. The molecule has 1 aliphatic carbocycles. The zero-order valence-corrected chi connectivity index (χ0v) is 17.9. The van der Waals surface area contributed by atoms with Crippen molar-refractivity contribution in [1.82, 2.24) is 0 Å². The van der Waals surface area contributed by atoms with Crippen molar-refractivity contribution in [2.45, 2.75) is 51.6 Å². The minimum atomic E-state index is -0.0864. The first kappa shape index (κ1) is 21.2. The summed E-state index contributed by atoms with van der Waals surface area (Å²) in [6.07, 6.45) is 6.72. The zero-order chi connectivity index (χ0) is 20.6. The largest absolute Gasteiger partial charge is 0.495 e. The summed E-state index contributed by atoms with van der Waals surface area (Å²) in [5, 5.41) is 6.28. The number of amides is 1. The number of hydrogen-bond donors (Lipinski definition) is 3. The summed E-state index contributed by atoms with van der Waals surface area (Å²) in [5.41, 5.74) is 4.08. The van der Waals surface area contributed by atoms with E-state index in [2.05, 4.69) is 35.9 Å². The van der Waals surface area contributed by atoms with Crippen molar-refractivity contribution < 1.29 is 14.4 Å². The first-order valence-corrected chi connectivity index (χ1v) is 10.7. The van der Waals surface area contributed by atoms with Gasteiger partial charge in [0, 0.05) is 11.3 Å². The highest BCUT2D eigenvalue weighted by molar-refractivity contribution is 5.95. The highest BCUT2D eigenvalue weighted by Gasteiger charge is 2.22. The summed E-state index contributed by atoms with van der Waals surface area (Å²) in [7, 11) is 3.91. The van der Waals surface area contributed by atoms with Crippen LogP contribution in [0.1, 0.15) is 43.2 Å². The summed E-state index contributed by atoms with van der Waals surface area (Å²) < 4.78 is 5.35. The Hall–Kier alpha value is -2.53. The third kappa shape index (κ3) is 5.97. The quantitative estimate of drug-likeness (QED) is 0.641.